The molecule has 1 aromatic carbocycles. The molecule has 1 N–H and O–H groups in total. The summed E-state index contributed by atoms with van der Waals surface area (Å²) in [6, 6.07) is 9.84. The van der Waals surface area contributed by atoms with E-state index < -0.39 is 0 Å². The molecule has 1 unspecified atom stereocenters. The quantitative estimate of drug-likeness (QED) is 0.812. The van der Waals surface area contributed by atoms with Crippen LogP contribution < -0.4 is 5.32 Å². The van der Waals surface area contributed by atoms with E-state index >= 15 is 0 Å². The van der Waals surface area contributed by atoms with Crippen molar-refractivity contribution in [3.8, 4) is 0 Å². The topological polar surface area (TPSA) is 56.1 Å². The van der Waals surface area contributed by atoms with Crippen LogP contribution in [0.2, 0.25) is 0 Å². The highest BCUT2D eigenvalue weighted by atomic mass is 16.5. The van der Waals surface area contributed by atoms with Crippen LogP contribution in [0.15, 0.2) is 42.7 Å². The third kappa shape index (κ3) is 3.93. The maximum Gasteiger partial charge on any atom is 0.322 e. The molecule has 0 saturated heterocycles. The zero-order valence-corrected chi connectivity index (χ0v) is 11.7. The van der Waals surface area contributed by atoms with Gasteiger partial charge in [0.2, 0.25) is 0 Å². The fourth-order valence-electron chi connectivity index (χ4n) is 1.89. The molecule has 5 nitrogen and oxygen atoms in total. The highest BCUT2D eigenvalue weighted by molar-refractivity contribution is 5.75. The van der Waals surface area contributed by atoms with Crippen molar-refractivity contribution in [1.82, 2.24) is 15.1 Å². The predicted octanol–water partition coefficient (Wildman–Crippen LogP) is 1.58. The smallest absolute Gasteiger partial charge is 0.322 e. The van der Waals surface area contributed by atoms with Gasteiger partial charge in [-0.3, -0.25) is 9.48 Å². The van der Waals surface area contributed by atoms with Crippen LogP contribution in [0.4, 0.5) is 0 Å². The molecule has 0 spiro atoms. The van der Waals surface area contributed by atoms with E-state index in [1.54, 1.807) is 13.1 Å². The molecule has 0 amide bonds. The van der Waals surface area contributed by atoms with E-state index in [-0.39, 0.29) is 12.0 Å². The molecule has 0 aliphatic carbocycles. The molecule has 1 atom stereocenters. The van der Waals surface area contributed by atoms with E-state index in [9.17, 15) is 4.79 Å². The molecular weight excluding hydrogens is 254 g/mol. The molecule has 0 fully saturated rings. The van der Waals surface area contributed by atoms with Crippen molar-refractivity contribution in [3.63, 3.8) is 0 Å². The van der Waals surface area contributed by atoms with E-state index in [4.69, 9.17) is 0 Å². The lowest BCUT2D eigenvalue weighted by Gasteiger charge is -2.09. The van der Waals surface area contributed by atoms with Gasteiger partial charge in [0.25, 0.3) is 0 Å². The average Bonchev–Trinajstić information content (AvgIpc) is 2.92. The minimum Gasteiger partial charge on any atom is -0.468 e. The lowest BCUT2D eigenvalue weighted by Crippen LogP contribution is -2.34. The van der Waals surface area contributed by atoms with Crippen LogP contribution in [0.5, 0.6) is 0 Å². The first-order valence-electron chi connectivity index (χ1n) is 6.55. The highest BCUT2D eigenvalue weighted by Gasteiger charge is 2.12. The van der Waals surface area contributed by atoms with Crippen molar-refractivity contribution in [2.24, 2.45) is 0 Å². The van der Waals surface area contributed by atoms with Gasteiger partial charge in [-0.05, 0) is 12.5 Å². The number of rotatable bonds is 6. The molecule has 1 heterocycles. The van der Waals surface area contributed by atoms with Gasteiger partial charge in [-0.15, -0.1) is 0 Å². The molecule has 0 bridgehead atoms. The summed E-state index contributed by atoms with van der Waals surface area (Å²) < 4.78 is 6.55. The van der Waals surface area contributed by atoms with Crippen LogP contribution in [-0.4, -0.2) is 28.9 Å². The van der Waals surface area contributed by atoms with Gasteiger partial charge in [-0.2, -0.15) is 5.10 Å². The van der Waals surface area contributed by atoms with Crippen LogP contribution in [0.1, 0.15) is 18.1 Å². The molecule has 2 rings (SSSR count). The molecule has 5 heteroatoms. The van der Waals surface area contributed by atoms with Gasteiger partial charge < -0.3 is 10.1 Å². The summed E-state index contributed by atoms with van der Waals surface area (Å²) in [5.74, 6) is -0.262. The highest BCUT2D eigenvalue weighted by Crippen LogP contribution is 2.04. The van der Waals surface area contributed by atoms with Gasteiger partial charge in [-0.1, -0.05) is 30.3 Å². The maximum absolute atomic E-state index is 11.3. The standard InChI is InChI=1S/C15H19N3O2/c1-12(15(19)20-2)16-8-14-9-17-18(11-14)10-13-6-4-3-5-7-13/h3-7,9,11-12,16H,8,10H2,1-2H3. The van der Waals surface area contributed by atoms with E-state index in [0.717, 1.165) is 12.1 Å². The van der Waals surface area contributed by atoms with Crippen molar-refractivity contribution in [2.75, 3.05) is 7.11 Å². The first-order chi connectivity index (χ1) is 9.69. The summed E-state index contributed by atoms with van der Waals surface area (Å²) in [4.78, 5) is 11.3. The second-order valence-electron chi connectivity index (χ2n) is 4.66. The number of nitrogens with zero attached hydrogens (tertiary/aromatic N) is 2. The van der Waals surface area contributed by atoms with E-state index in [2.05, 4.69) is 27.3 Å². The van der Waals surface area contributed by atoms with Crippen LogP contribution in [0, 0.1) is 0 Å². The first kappa shape index (κ1) is 14.3. The number of aromatic nitrogens is 2. The summed E-state index contributed by atoms with van der Waals surface area (Å²) in [7, 11) is 1.39. The maximum atomic E-state index is 11.3. The number of hydrogen-bond acceptors (Lipinski definition) is 4. The predicted molar refractivity (Wildman–Crippen MR) is 76.1 cm³/mol. The normalized spacial score (nSPS) is 12.1. The fraction of sp³-hybridized carbons (Fsp3) is 0.333. The van der Waals surface area contributed by atoms with Crippen LogP contribution >= 0.6 is 0 Å². The third-order valence-corrected chi connectivity index (χ3v) is 3.04. The number of nitrogens with one attached hydrogen (secondary N) is 1. The molecule has 0 saturated carbocycles. The van der Waals surface area contributed by atoms with E-state index in [1.807, 2.05) is 29.1 Å². The molecule has 106 valence electrons. The van der Waals surface area contributed by atoms with Crippen molar-refractivity contribution in [2.45, 2.75) is 26.1 Å². The lowest BCUT2D eigenvalue weighted by molar-refractivity contribution is -0.142. The van der Waals surface area contributed by atoms with Crippen molar-refractivity contribution >= 4 is 5.97 Å². The number of carbonyl (C=O) groups is 1. The van der Waals surface area contributed by atoms with E-state index in [0.29, 0.717) is 6.54 Å². The van der Waals surface area contributed by atoms with E-state index in [1.165, 1.54) is 12.7 Å². The monoisotopic (exact) mass is 273 g/mol. The number of esters is 1. The summed E-state index contributed by atoms with van der Waals surface area (Å²) in [6.45, 7) is 3.11. The largest absolute Gasteiger partial charge is 0.468 e. The Bertz CT molecular complexity index is 551. The van der Waals surface area contributed by atoms with Crippen molar-refractivity contribution < 1.29 is 9.53 Å². The van der Waals surface area contributed by atoms with Crippen LogP contribution in [-0.2, 0) is 22.6 Å². The summed E-state index contributed by atoms with van der Waals surface area (Å²) in [5, 5.41) is 7.41. The first-order valence-corrected chi connectivity index (χ1v) is 6.55. The summed E-state index contributed by atoms with van der Waals surface area (Å²) in [5.41, 5.74) is 2.25. The van der Waals surface area contributed by atoms with Gasteiger partial charge in [0.1, 0.15) is 6.04 Å². The van der Waals surface area contributed by atoms with Crippen molar-refractivity contribution in [3.05, 3.63) is 53.9 Å². The molecule has 0 radical (unpaired) electrons. The Labute approximate surface area is 118 Å². The molecule has 0 aliphatic rings. The van der Waals surface area contributed by atoms with Gasteiger partial charge in [0, 0.05) is 18.3 Å². The molecule has 2 aromatic rings. The average molecular weight is 273 g/mol. The molecule has 1 aromatic heterocycles. The Hall–Kier alpha value is -2.14. The Balaban J connectivity index is 1.88. The number of hydrogen-bond donors (Lipinski definition) is 1. The minimum atomic E-state index is -0.322. The third-order valence-electron chi connectivity index (χ3n) is 3.04. The number of ether oxygens (including phenoxy) is 1. The molecule has 0 aliphatic heterocycles. The Kier molecular flexibility index (Phi) is 4.90. The SMILES string of the molecule is COC(=O)C(C)NCc1cnn(Cc2ccccc2)c1. The molecule has 20 heavy (non-hydrogen) atoms. The van der Waals surface area contributed by atoms with Gasteiger partial charge in [0.05, 0.1) is 19.9 Å². The summed E-state index contributed by atoms with van der Waals surface area (Å²) in [6.07, 6.45) is 3.78. The Morgan fingerprint density at radius 3 is 2.80 bits per heavy atom. The second kappa shape index (κ2) is 6.86. The van der Waals surface area contributed by atoms with Gasteiger partial charge in [0.15, 0.2) is 0 Å². The zero-order chi connectivity index (χ0) is 14.4. The zero-order valence-electron chi connectivity index (χ0n) is 11.7. The fourth-order valence-corrected chi connectivity index (χ4v) is 1.89. The summed E-state index contributed by atoms with van der Waals surface area (Å²) >= 11 is 0. The van der Waals surface area contributed by atoms with Gasteiger partial charge >= 0.3 is 5.97 Å². The second-order valence-corrected chi connectivity index (χ2v) is 4.66. The van der Waals surface area contributed by atoms with Crippen LogP contribution in [0.3, 0.4) is 0 Å². The lowest BCUT2D eigenvalue weighted by atomic mass is 10.2. The van der Waals surface area contributed by atoms with Crippen molar-refractivity contribution in [1.29, 1.82) is 0 Å². The number of carbonyl (C=O) groups excluding carboxylic acids is 1. The van der Waals surface area contributed by atoms with Gasteiger partial charge in [-0.25, -0.2) is 0 Å². The number of benzene rings is 1. The molecular formula is C15H19N3O2. The van der Waals surface area contributed by atoms with Crippen LogP contribution in [0.25, 0.3) is 0 Å². The Morgan fingerprint density at radius 1 is 1.35 bits per heavy atom. The minimum absolute atomic E-state index is 0.262. The number of methoxy groups -OCH3 is 1. The Morgan fingerprint density at radius 2 is 2.10 bits per heavy atom.